The minimum absolute atomic E-state index is 0.142. The molecule has 0 unspecified atom stereocenters. The van der Waals surface area contributed by atoms with Crippen molar-refractivity contribution in [3.8, 4) is 0 Å². The van der Waals surface area contributed by atoms with E-state index < -0.39 is 0 Å². The largest absolute Gasteiger partial charge is 0.358 e. The molecule has 28 heavy (non-hydrogen) atoms. The number of H-pyrrole nitrogens is 1. The molecule has 5 nitrogen and oxygen atoms in total. The molecule has 1 aromatic heterocycles. The molecule has 0 spiro atoms. The van der Waals surface area contributed by atoms with Crippen LogP contribution in [0.25, 0.3) is 10.9 Å². The number of aromatic nitrogens is 1. The molecule has 4 rings (SSSR count). The maximum Gasteiger partial charge on any atom is 0.257 e. The van der Waals surface area contributed by atoms with Gasteiger partial charge in [0.1, 0.15) is 0 Å². The molecule has 2 aromatic carbocycles. The van der Waals surface area contributed by atoms with E-state index in [0.717, 1.165) is 29.3 Å². The van der Waals surface area contributed by atoms with Gasteiger partial charge in [0, 0.05) is 28.9 Å². The van der Waals surface area contributed by atoms with Crippen molar-refractivity contribution in [1.82, 2.24) is 10.3 Å². The van der Waals surface area contributed by atoms with Gasteiger partial charge in [-0.25, -0.2) is 0 Å². The van der Waals surface area contributed by atoms with E-state index in [4.69, 9.17) is 0 Å². The monoisotopic (exact) mass is 375 g/mol. The summed E-state index contributed by atoms with van der Waals surface area (Å²) in [4.78, 5) is 28.7. The van der Waals surface area contributed by atoms with Gasteiger partial charge in [0.05, 0.1) is 11.1 Å². The van der Waals surface area contributed by atoms with E-state index >= 15 is 0 Å². The molecule has 0 aliphatic heterocycles. The van der Waals surface area contributed by atoms with Crippen LogP contribution in [0.3, 0.4) is 0 Å². The Kier molecular flexibility index (Phi) is 4.90. The quantitative estimate of drug-likeness (QED) is 0.634. The Balaban J connectivity index is 1.67. The van der Waals surface area contributed by atoms with Gasteiger partial charge < -0.3 is 15.6 Å². The van der Waals surface area contributed by atoms with E-state index in [2.05, 4.69) is 21.7 Å². The van der Waals surface area contributed by atoms with E-state index in [0.29, 0.717) is 23.4 Å². The maximum absolute atomic E-state index is 13.1. The zero-order valence-electron chi connectivity index (χ0n) is 16.3. The summed E-state index contributed by atoms with van der Waals surface area (Å²) in [7, 11) is 0. The van der Waals surface area contributed by atoms with Gasteiger partial charge >= 0.3 is 0 Å². The normalized spacial score (nSPS) is 13.2. The highest BCUT2D eigenvalue weighted by Gasteiger charge is 2.20. The van der Waals surface area contributed by atoms with Crippen LogP contribution in [-0.2, 0) is 12.8 Å². The second kappa shape index (κ2) is 7.50. The SMILES string of the molecule is CCNC(=O)c1ccc(C)c(NC(=O)c2cccc3c4c([nH]c23)CCCC4)c1. The number of aromatic amines is 1. The smallest absolute Gasteiger partial charge is 0.257 e. The zero-order valence-corrected chi connectivity index (χ0v) is 16.3. The summed E-state index contributed by atoms with van der Waals surface area (Å²) in [5, 5.41) is 6.93. The molecule has 3 N–H and O–H groups in total. The summed E-state index contributed by atoms with van der Waals surface area (Å²) in [6.07, 6.45) is 4.49. The van der Waals surface area contributed by atoms with Crippen LogP contribution < -0.4 is 10.6 Å². The third-order valence-electron chi connectivity index (χ3n) is 5.46. The van der Waals surface area contributed by atoms with Crippen LogP contribution in [0.2, 0.25) is 0 Å². The molecule has 0 fully saturated rings. The number of hydrogen-bond acceptors (Lipinski definition) is 2. The Morgan fingerprint density at radius 2 is 1.89 bits per heavy atom. The number of carbonyl (C=O) groups excluding carboxylic acids is 2. The van der Waals surface area contributed by atoms with Gasteiger partial charge in [0.15, 0.2) is 0 Å². The lowest BCUT2D eigenvalue weighted by Crippen LogP contribution is -2.23. The van der Waals surface area contributed by atoms with Crippen molar-refractivity contribution in [3.63, 3.8) is 0 Å². The maximum atomic E-state index is 13.1. The molecule has 0 radical (unpaired) electrons. The number of hydrogen-bond donors (Lipinski definition) is 3. The molecule has 1 aliphatic rings. The topological polar surface area (TPSA) is 74.0 Å². The average Bonchev–Trinajstić information content (AvgIpc) is 3.08. The Bertz CT molecular complexity index is 1070. The van der Waals surface area contributed by atoms with Gasteiger partial charge in [-0.15, -0.1) is 0 Å². The third-order valence-corrected chi connectivity index (χ3v) is 5.46. The molecule has 1 aliphatic carbocycles. The molecule has 0 bridgehead atoms. The Morgan fingerprint density at radius 1 is 1.07 bits per heavy atom. The third kappa shape index (κ3) is 3.28. The summed E-state index contributed by atoms with van der Waals surface area (Å²) in [5.74, 6) is -0.308. The number of benzene rings is 2. The number of carbonyl (C=O) groups is 2. The minimum Gasteiger partial charge on any atom is -0.358 e. The Morgan fingerprint density at radius 3 is 2.71 bits per heavy atom. The number of anilines is 1. The molecule has 2 amide bonds. The average molecular weight is 375 g/mol. The van der Waals surface area contributed by atoms with E-state index in [9.17, 15) is 9.59 Å². The first kappa shape index (κ1) is 18.3. The highest BCUT2D eigenvalue weighted by molar-refractivity contribution is 6.13. The molecule has 144 valence electrons. The van der Waals surface area contributed by atoms with Crippen molar-refractivity contribution in [1.29, 1.82) is 0 Å². The predicted octanol–water partition coefficient (Wildman–Crippen LogP) is 4.36. The number of aryl methyl sites for hydroxylation is 3. The van der Waals surface area contributed by atoms with Gasteiger partial charge in [0.25, 0.3) is 11.8 Å². The van der Waals surface area contributed by atoms with E-state index in [1.165, 1.54) is 24.1 Å². The van der Waals surface area contributed by atoms with Crippen LogP contribution in [0, 0.1) is 6.92 Å². The first-order chi connectivity index (χ1) is 13.6. The molecule has 3 aromatic rings. The first-order valence-corrected chi connectivity index (χ1v) is 9.91. The molecular weight excluding hydrogens is 350 g/mol. The van der Waals surface area contributed by atoms with Crippen molar-refractivity contribution in [2.24, 2.45) is 0 Å². The predicted molar refractivity (Wildman–Crippen MR) is 112 cm³/mol. The van der Waals surface area contributed by atoms with Crippen LogP contribution in [0.15, 0.2) is 36.4 Å². The molecule has 0 atom stereocenters. The second-order valence-electron chi connectivity index (χ2n) is 7.36. The molecule has 5 heteroatoms. The van der Waals surface area contributed by atoms with Crippen molar-refractivity contribution in [3.05, 3.63) is 64.3 Å². The summed E-state index contributed by atoms with van der Waals surface area (Å²) < 4.78 is 0. The summed E-state index contributed by atoms with van der Waals surface area (Å²) in [6, 6.07) is 11.2. The summed E-state index contributed by atoms with van der Waals surface area (Å²) in [5.41, 5.74) is 6.26. The van der Waals surface area contributed by atoms with Crippen molar-refractivity contribution < 1.29 is 9.59 Å². The van der Waals surface area contributed by atoms with E-state index in [-0.39, 0.29) is 11.8 Å². The van der Waals surface area contributed by atoms with Crippen molar-refractivity contribution in [2.75, 3.05) is 11.9 Å². The fraction of sp³-hybridized carbons (Fsp3) is 0.304. The van der Waals surface area contributed by atoms with Gasteiger partial charge in [-0.1, -0.05) is 18.2 Å². The van der Waals surface area contributed by atoms with Crippen LogP contribution in [-0.4, -0.2) is 23.3 Å². The number of para-hydroxylation sites is 1. The van der Waals surface area contributed by atoms with Crippen LogP contribution in [0.1, 0.15) is 57.3 Å². The van der Waals surface area contributed by atoms with Crippen LogP contribution >= 0.6 is 0 Å². The fourth-order valence-corrected chi connectivity index (χ4v) is 3.97. The summed E-state index contributed by atoms with van der Waals surface area (Å²) in [6.45, 7) is 4.37. The highest BCUT2D eigenvalue weighted by atomic mass is 16.2. The lowest BCUT2D eigenvalue weighted by atomic mass is 9.95. The Hall–Kier alpha value is -3.08. The number of rotatable bonds is 4. The highest BCUT2D eigenvalue weighted by Crippen LogP contribution is 2.31. The van der Waals surface area contributed by atoms with Crippen molar-refractivity contribution in [2.45, 2.75) is 39.5 Å². The second-order valence-corrected chi connectivity index (χ2v) is 7.36. The Labute approximate surface area is 164 Å². The molecule has 0 saturated carbocycles. The fourth-order valence-electron chi connectivity index (χ4n) is 3.97. The summed E-state index contributed by atoms with van der Waals surface area (Å²) >= 11 is 0. The van der Waals surface area contributed by atoms with E-state index in [1.807, 2.05) is 32.0 Å². The number of fused-ring (bicyclic) bond motifs is 3. The molecular formula is C23H25N3O2. The number of amides is 2. The van der Waals surface area contributed by atoms with Gasteiger partial charge in [0.2, 0.25) is 0 Å². The zero-order chi connectivity index (χ0) is 19.7. The lowest BCUT2D eigenvalue weighted by Gasteiger charge is -2.11. The van der Waals surface area contributed by atoms with Crippen LogP contribution in [0.5, 0.6) is 0 Å². The van der Waals surface area contributed by atoms with Gasteiger partial charge in [-0.05, 0) is 68.9 Å². The lowest BCUT2D eigenvalue weighted by molar-refractivity contribution is 0.0954. The number of nitrogens with one attached hydrogen (secondary N) is 3. The van der Waals surface area contributed by atoms with Gasteiger partial charge in [-0.2, -0.15) is 0 Å². The standard InChI is InChI=1S/C23H25N3O2/c1-3-24-22(27)15-12-11-14(2)20(13-15)26-23(28)18-9-6-8-17-16-7-4-5-10-19(16)25-21(17)18/h6,8-9,11-13,25H,3-5,7,10H2,1-2H3,(H,24,27)(H,26,28). The van der Waals surface area contributed by atoms with Crippen LogP contribution in [0.4, 0.5) is 5.69 Å². The minimum atomic E-state index is -0.166. The van der Waals surface area contributed by atoms with Gasteiger partial charge in [-0.3, -0.25) is 9.59 Å². The van der Waals surface area contributed by atoms with Crippen molar-refractivity contribution >= 4 is 28.4 Å². The molecule has 0 saturated heterocycles. The molecule has 1 heterocycles. The van der Waals surface area contributed by atoms with E-state index in [1.54, 1.807) is 12.1 Å². The first-order valence-electron chi connectivity index (χ1n) is 9.91.